The molecule has 24 heavy (non-hydrogen) atoms. The second-order valence-corrected chi connectivity index (χ2v) is 1.12. The summed E-state index contributed by atoms with van der Waals surface area (Å²) in [5, 5.41) is 73.8. The third kappa shape index (κ3) is 42700. The van der Waals surface area contributed by atoms with E-state index in [9.17, 15) is 0 Å². The van der Waals surface area contributed by atoms with E-state index in [-0.39, 0.29) is 138 Å². The van der Waals surface area contributed by atoms with Gasteiger partial charge in [-0.1, -0.05) is 0 Å². The van der Waals surface area contributed by atoms with Gasteiger partial charge in [-0.15, -0.1) is 0 Å². The summed E-state index contributed by atoms with van der Waals surface area (Å²) >= 11 is 0. The van der Waals surface area contributed by atoms with Crippen molar-refractivity contribution in [1.82, 2.24) is 0 Å². The van der Waals surface area contributed by atoms with Crippen molar-refractivity contribution in [2.45, 2.75) is 0 Å². The van der Waals surface area contributed by atoms with Crippen molar-refractivity contribution in [3.8, 4) is 0 Å². The molecule has 0 bridgehead atoms. The third-order valence-electron chi connectivity index (χ3n) is 0. The van der Waals surface area contributed by atoms with Gasteiger partial charge in [-0.05, 0) is 0 Å². The zero-order chi connectivity index (χ0) is 17.9. The summed E-state index contributed by atoms with van der Waals surface area (Å²) in [5.74, 6) is 0. The van der Waals surface area contributed by atoms with E-state index in [1.807, 2.05) is 0 Å². The Morgan fingerprint density at radius 1 is 0.417 bits per heavy atom. The molecule has 0 rings (SSSR count). The summed E-state index contributed by atoms with van der Waals surface area (Å²) in [6, 6.07) is 0. The van der Waals surface area contributed by atoms with Gasteiger partial charge in [-0.25, -0.2) is 0 Å². The van der Waals surface area contributed by atoms with Crippen LogP contribution in [0.5, 0.6) is 0 Å². The molecule has 0 N–H and O–H groups in total. The second kappa shape index (κ2) is 49.5. The molecular weight excluding hydrogens is 419 g/mol. The van der Waals surface area contributed by atoms with E-state index in [2.05, 4.69) is 0 Å². The monoisotopic (exact) mass is 419 g/mol. The van der Waals surface area contributed by atoms with Gasteiger partial charge in [0, 0.05) is 0 Å². The molecule has 0 amide bonds. The Kier molecular flexibility index (Phi) is 116. The Balaban J connectivity index is -0.0000000161. The number of hydrogen-bond donors (Lipinski definition) is 0. The van der Waals surface area contributed by atoms with Gasteiger partial charge in [0.1, 0.15) is 0 Å². The molecule has 0 aliphatic heterocycles. The fourth-order valence-electron chi connectivity index (χ4n) is 0. The van der Waals surface area contributed by atoms with Crippen LogP contribution in [0.3, 0.4) is 0 Å². The van der Waals surface area contributed by atoms with Crippen molar-refractivity contribution in [2.24, 2.45) is 0 Å². The van der Waals surface area contributed by atoms with Gasteiger partial charge in [0.15, 0.2) is 0 Å². The summed E-state index contributed by atoms with van der Waals surface area (Å²) in [5.41, 5.74) is 0. The third-order valence-corrected chi connectivity index (χ3v) is 0. The Morgan fingerprint density at radius 3 is 0.417 bits per heavy atom. The molecule has 0 fully saturated rings. The first-order valence-electron chi connectivity index (χ1n) is 2.74. The van der Waals surface area contributed by atoms with Crippen molar-refractivity contribution in [3.63, 3.8) is 0 Å². The van der Waals surface area contributed by atoms with Crippen LogP contribution >= 0.6 is 0 Å². The minimum absolute atomic E-state index is 0. The van der Waals surface area contributed by atoms with Crippen molar-refractivity contribution >= 4 is 37.7 Å². The molecule has 0 heterocycles. The van der Waals surface area contributed by atoms with Gasteiger partial charge < -0.3 is 76.6 Å². The largest absolute Gasteiger partial charge is 2.00 e. The minimum Gasteiger partial charge on any atom is -0.356 e. The van der Waals surface area contributed by atoms with E-state index in [0.717, 1.165) is 0 Å². The molecule has 0 atom stereocenters. The van der Waals surface area contributed by atoms with E-state index in [1.165, 1.54) is 0 Å². The van der Waals surface area contributed by atoms with Crippen LogP contribution in [0.2, 0.25) is 0 Å². The average molecular weight is 419 g/mol. The van der Waals surface area contributed by atoms with Crippen LogP contribution in [0, 0.1) is 76.6 Å². The van der Waals surface area contributed by atoms with Crippen LogP contribution < -0.4 is 99.8 Å². The van der Waals surface area contributed by atoms with Gasteiger partial charge in [0.25, 0.3) is 0 Å². The maximum atomic E-state index is 8.25. The Labute approximate surface area is 235 Å². The Hall–Kier alpha value is 0.494. The first kappa shape index (κ1) is 56.3. The minimum atomic E-state index is -1.75. The summed E-state index contributed by atoms with van der Waals surface area (Å²) in [6.07, 6.45) is 0. The summed E-state index contributed by atoms with van der Waals surface area (Å²) in [6.45, 7) is 0. The molecule has 0 aromatic carbocycles. The van der Waals surface area contributed by atoms with Crippen molar-refractivity contribution < 1.29 is 125 Å². The maximum Gasteiger partial charge on any atom is 2.00 e. The number of rotatable bonds is 0. The van der Waals surface area contributed by atoms with Gasteiger partial charge in [0.2, 0.25) is 0 Å². The molecule has 0 aliphatic rings. The first-order chi connectivity index (χ1) is 8.66. The number of nitrogens with zero attached hydrogens (tertiary/aromatic N) is 5. The first-order valence-corrected chi connectivity index (χ1v) is 2.74. The molecule has 0 radical (unpaired) electrons. The Bertz CT molecular complexity index is 225. The van der Waals surface area contributed by atoms with E-state index >= 15 is 0 Å². The quantitative estimate of drug-likeness (QED) is 0.200. The predicted octanol–water partition coefficient (Wildman–Crippen LogP) is -10.6. The molecule has 0 spiro atoms. The molecule has 0 aromatic rings. The zero-order valence-electron chi connectivity index (χ0n) is 12.1. The zero-order valence-corrected chi connectivity index (χ0v) is 19.4. The van der Waals surface area contributed by atoms with Crippen LogP contribution in [0.15, 0.2) is 0 Å². The molecule has 0 saturated carbocycles. The summed E-state index contributed by atoms with van der Waals surface area (Å²) in [7, 11) is 0. The van der Waals surface area contributed by atoms with E-state index in [0.29, 0.717) is 0 Å². The molecule has 20 nitrogen and oxygen atoms in total. The molecule has 0 aliphatic carbocycles. The average Bonchev–Trinajstić information content (AvgIpc) is 1.94. The predicted molar refractivity (Wildman–Crippen MR) is 57.6 cm³/mol. The second-order valence-electron chi connectivity index (χ2n) is 1.12. The van der Waals surface area contributed by atoms with Crippen LogP contribution in [0.4, 0.5) is 0 Å². The van der Waals surface area contributed by atoms with E-state index in [1.54, 1.807) is 0 Å². The van der Waals surface area contributed by atoms with Crippen LogP contribution in [-0.2, 0) is 0 Å². The van der Waals surface area contributed by atoms with Crippen molar-refractivity contribution in [1.29, 1.82) is 0 Å². The SMILES string of the molecule is O=[N+]([O-])[O-].O=[N+]([O-])[O-].O=[N+]([O-])[O-].O=[N+]([O-])[O-].O=[N+]([O-])[O-].[Ca+2].[K+].[Li+].[Na+]. The van der Waals surface area contributed by atoms with E-state index in [4.69, 9.17) is 76.6 Å². The van der Waals surface area contributed by atoms with Crippen LogP contribution in [0.1, 0.15) is 0 Å². The van der Waals surface area contributed by atoms with Gasteiger partial charge in [-0.3, -0.25) is 0 Å². The fraction of sp³-hybridized carbons (Fsp3) is 0. The van der Waals surface area contributed by atoms with Gasteiger partial charge in [-0.2, -0.15) is 0 Å². The molecule has 24 heteroatoms. The topological polar surface area (TPSA) is 331 Å². The molecule has 0 unspecified atom stereocenters. The van der Waals surface area contributed by atoms with Crippen molar-refractivity contribution in [2.75, 3.05) is 0 Å². The summed E-state index contributed by atoms with van der Waals surface area (Å²) < 4.78 is 0. The van der Waals surface area contributed by atoms with E-state index < -0.39 is 25.4 Å². The van der Waals surface area contributed by atoms with Crippen molar-refractivity contribution in [3.05, 3.63) is 76.6 Å². The smallest absolute Gasteiger partial charge is 0.356 e. The van der Waals surface area contributed by atoms with Crippen LogP contribution in [-0.4, -0.2) is 63.2 Å². The fourth-order valence-corrected chi connectivity index (χ4v) is 0. The molecule has 0 aromatic heterocycles. The maximum absolute atomic E-state index is 8.25. The molecule has 120 valence electrons. The molecular formula is CaKLiN5NaO15. The van der Waals surface area contributed by atoms with Crippen LogP contribution in [0.25, 0.3) is 0 Å². The normalized spacial score (nSPS) is 5.00. The van der Waals surface area contributed by atoms with Gasteiger partial charge in [0.05, 0.1) is 25.4 Å². The van der Waals surface area contributed by atoms with Gasteiger partial charge >= 0.3 is 138 Å². The standard InChI is InChI=1S/Ca.K.Li.5NO3.Na/c;;;5*2-1(3)4;/q+2;2*+1;5*-1;+1. The Morgan fingerprint density at radius 2 is 0.417 bits per heavy atom. The molecule has 0 saturated heterocycles. The number of hydrogen-bond acceptors (Lipinski definition) is 15. The summed E-state index contributed by atoms with van der Waals surface area (Å²) in [4.78, 5) is 41.2.